The van der Waals surface area contributed by atoms with Crippen molar-refractivity contribution in [3.8, 4) is 11.5 Å². The SMILES string of the molecule is COc1cc(NC(=O)C2CCN(c3ncnc4onc(C)c34)CC2)cc(OC)c1. The number of hydrogen-bond donors (Lipinski definition) is 1. The number of carbonyl (C=O) groups is 1. The summed E-state index contributed by atoms with van der Waals surface area (Å²) in [5.41, 5.74) is 1.91. The molecule has 9 heteroatoms. The number of aryl methyl sites for hydroxylation is 1. The fourth-order valence-corrected chi connectivity index (χ4v) is 3.62. The van der Waals surface area contributed by atoms with Crippen molar-refractivity contribution in [2.24, 2.45) is 5.92 Å². The van der Waals surface area contributed by atoms with E-state index in [1.165, 1.54) is 6.33 Å². The minimum absolute atomic E-state index is 0.00560. The van der Waals surface area contributed by atoms with Gasteiger partial charge in [0.05, 0.1) is 19.9 Å². The van der Waals surface area contributed by atoms with Crippen molar-refractivity contribution >= 4 is 28.5 Å². The fourth-order valence-electron chi connectivity index (χ4n) is 3.62. The molecule has 1 N–H and O–H groups in total. The lowest BCUT2D eigenvalue weighted by Crippen LogP contribution is -2.38. The second kappa shape index (κ2) is 7.94. The monoisotopic (exact) mass is 397 g/mol. The van der Waals surface area contributed by atoms with Crippen LogP contribution in [0, 0.1) is 12.8 Å². The first-order valence-electron chi connectivity index (χ1n) is 9.45. The smallest absolute Gasteiger partial charge is 0.263 e. The number of hydrogen-bond acceptors (Lipinski definition) is 8. The molecule has 1 saturated heterocycles. The third-order valence-electron chi connectivity index (χ3n) is 5.21. The molecule has 1 fully saturated rings. The molecule has 0 atom stereocenters. The van der Waals surface area contributed by atoms with Gasteiger partial charge in [0.2, 0.25) is 5.91 Å². The van der Waals surface area contributed by atoms with Crippen LogP contribution in [-0.2, 0) is 4.79 Å². The van der Waals surface area contributed by atoms with Crippen molar-refractivity contribution in [2.75, 3.05) is 37.5 Å². The molecular weight excluding hydrogens is 374 g/mol. The summed E-state index contributed by atoms with van der Waals surface area (Å²) >= 11 is 0. The molecule has 0 bridgehead atoms. The van der Waals surface area contributed by atoms with Gasteiger partial charge >= 0.3 is 0 Å². The zero-order chi connectivity index (χ0) is 20.4. The third-order valence-corrected chi connectivity index (χ3v) is 5.21. The van der Waals surface area contributed by atoms with Crippen LogP contribution in [0.1, 0.15) is 18.5 Å². The topological polar surface area (TPSA) is 103 Å². The van der Waals surface area contributed by atoms with Crippen LogP contribution in [-0.4, -0.2) is 48.3 Å². The summed E-state index contributed by atoms with van der Waals surface area (Å²) in [7, 11) is 3.16. The van der Waals surface area contributed by atoms with E-state index < -0.39 is 0 Å². The number of methoxy groups -OCH3 is 2. The highest BCUT2D eigenvalue weighted by Crippen LogP contribution is 2.30. The summed E-state index contributed by atoms with van der Waals surface area (Å²) in [4.78, 5) is 23.5. The molecule has 1 aliphatic rings. The van der Waals surface area contributed by atoms with Crippen LogP contribution in [0.5, 0.6) is 11.5 Å². The van der Waals surface area contributed by atoms with Crippen molar-refractivity contribution in [3.05, 3.63) is 30.2 Å². The molecule has 1 amide bonds. The van der Waals surface area contributed by atoms with Crippen LogP contribution >= 0.6 is 0 Å². The van der Waals surface area contributed by atoms with Gasteiger partial charge in [-0.2, -0.15) is 4.98 Å². The van der Waals surface area contributed by atoms with E-state index in [0.29, 0.717) is 22.9 Å². The summed E-state index contributed by atoms with van der Waals surface area (Å²) < 4.78 is 15.8. The van der Waals surface area contributed by atoms with Gasteiger partial charge in [-0.15, -0.1) is 0 Å². The van der Waals surface area contributed by atoms with Gasteiger partial charge in [-0.1, -0.05) is 5.16 Å². The Morgan fingerprint density at radius 1 is 1.14 bits per heavy atom. The number of fused-ring (bicyclic) bond motifs is 1. The zero-order valence-corrected chi connectivity index (χ0v) is 16.6. The Bertz CT molecular complexity index is 1000. The number of ether oxygens (including phenoxy) is 2. The molecule has 0 spiro atoms. The van der Waals surface area contributed by atoms with Gasteiger partial charge in [0.15, 0.2) is 0 Å². The highest BCUT2D eigenvalue weighted by molar-refractivity contribution is 5.93. The molecule has 2 aromatic heterocycles. The van der Waals surface area contributed by atoms with E-state index in [1.807, 2.05) is 6.92 Å². The number of anilines is 2. The van der Waals surface area contributed by atoms with E-state index in [4.69, 9.17) is 14.0 Å². The number of benzene rings is 1. The quantitative estimate of drug-likeness (QED) is 0.701. The second-order valence-electron chi connectivity index (χ2n) is 7.00. The molecule has 0 unspecified atom stereocenters. The first-order valence-corrected chi connectivity index (χ1v) is 9.45. The number of carbonyl (C=O) groups excluding carboxylic acids is 1. The lowest BCUT2D eigenvalue weighted by molar-refractivity contribution is -0.120. The van der Waals surface area contributed by atoms with Crippen LogP contribution in [0.3, 0.4) is 0 Å². The molecule has 29 heavy (non-hydrogen) atoms. The molecule has 0 saturated carbocycles. The maximum absolute atomic E-state index is 12.8. The average molecular weight is 397 g/mol. The summed E-state index contributed by atoms with van der Waals surface area (Å²) in [5, 5.41) is 7.80. The molecular formula is C20H23N5O4. The Morgan fingerprint density at radius 2 is 1.83 bits per heavy atom. The Balaban J connectivity index is 1.43. The Kier molecular flexibility index (Phi) is 5.20. The van der Waals surface area contributed by atoms with Gasteiger partial charge in [0, 0.05) is 42.9 Å². The number of nitrogens with zero attached hydrogens (tertiary/aromatic N) is 4. The summed E-state index contributed by atoms with van der Waals surface area (Å²) in [6.07, 6.45) is 2.93. The lowest BCUT2D eigenvalue weighted by atomic mass is 9.95. The first kappa shape index (κ1) is 19.0. The summed E-state index contributed by atoms with van der Waals surface area (Å²) in [6, 6.07) is 5.33. The molecule has 1 aromatic carbocycles. The van der Waals surface area contributed by atoms with Crippen molar-refractivity contribution in [1.82, 2.24) is 15.1 Å². The minimum atomic E-state index is -0.0793. The van der Waals surface area contributed by atoms with Gasteiger partial charge in [-0.3, -0.25) is 4.79 Å². The van der Waals surface area contributed by atoms with Gasteiger partial charge < -0.3 is 24.2 Å². The molecule has 1 aliphatic heterocycles. The van der Waals surface area contributed by atoms with Crippen molar-refractivity contribution in [2.45, 2.75) is 19.8 Å². The van der Waals surface area contributed by atoms with Crippen LogP contribution in [0.15, 0.2) is 29.0 Å². The zero-order valence-electron chi connectivity index (χ0n) is 16.6. The standard InChI is InChI=1S/C20H23N5O4/c1-12-17-18(21-11-22-20(17)29-24-12)25-6-4-13(5-7-25)19(26)23-14-8-15(27-2)10-16(9-14)28-3/h8-11,13H,4-7H2,1-3H3,(H,23,26). The third kappa shape index (κ3) is 3.80. The predicted molar refractivity (Wildman–Crippen MR) is 107 cm³/mol. The minimum Gasteiger partial charge on any atom is -0.497 e. The van der Waals surface area contributed by atoms with Crippen LogP contribution < -0.4 is 19.7 Å². The lowest BCUT2D eigenvalue weighted by Gasteiger charge is -2.32. The number of aromatic nitrogens is 3. The maximum Gasteiger partial charge on any atom is 0.263 e. The van der Waals surface area contributed by atoms with Crippen molar-refractivity contribution < 1.29 is 18.8 Å². The molecule has 3 aromatic rings. The van der Waals surface area contributed by atoms with Gasteiger partial charge in [0.1, 0.15) is 29.0 Å². The average Bonchev–Trinajstić information content (AvgIpc) is 3.14. The maximum atomic E-state index is 12.8. The number of rotatable bonds is 5. The van der Waals surface area contributed by atoms with Crippen molar-refractivity contribution in [3.63, 3.8) is 0 Å². The van der Waals surface area contributed by atoms with E-state index in [0.717, 1.165) is 42.8 Å². The Morgan fingerprint density at radius 3 is 2.48 bits per heavy atom. The Hall–Kier alpha value is -3.36. The molecule has 0 aliphatic carbocycles. The molecule has 3 heterocycles. The molecule has 152 valence electrons. The normalized spacial score (nSPS) is 14.8. The van der Waals surface area contributed by atoms with Gasteiger partial charge in [0.25, 0.3) is 5.71 Å². The van der Waals surface area contributed by atoms with Crippen molar-refractivity contribution in [1.29, 1.82) is 0 Å². The van der Waals surface area contributed by atoms with Crippen LogP contribution in [0.25, 0.3) is 11.1 Å². The number of piperidine rings is 1. The van der Waals surface area contributed by atoms with E-state index in [-0.39, 0.29) is 11.8 Å². The van der Waals surface area contributed by atoms with E-state index in [9.17, 15) is 4.79 Å². The van der Waals surface area contributed by atoms with Crippen LogP contribution in [0.4, 0.5) is 11.5 Å². The highest BCUT2D eigenvalue weighted by Gasteiger charge is 2.27. The van der Waals surface area contributed by atoms with Crippen LogP contribution in [0.2, 0.25) is 0 Å². The molecule has 0 radical (unpaired) electrons. The largest absolute Gasteiger partial charge is 0.497 e. The summed E-state index contributed by atoms with van der Waals surface area (Å²) in [5.74, 6) is 1.99. The molecule has 9 nitrogen and oxygen atoms in total. The summed E-state index contributed by atoms with van der Waals surface area (Å²) in [6.45, 7) is 3.31. The van der Waals surface area contributed by atoms with E-state index in [2.05, 4.69) is 25.3 Å². The van der Waals surface area contributed by atoms with E-state index >= 15 is 0 Å². The number of amides is 1. The highest BCUT2D eigenvalue weighted by atomic mass is 16.5. The fraction of sp³-hybridized carbons (Fsp3) is 0.400. The van der Waals surface area contributed by atoms with Gasteiger partial charge in [-0.25, -0.2) is 4.98 Å². The van der Waals surface area contributed by atoms with E-state index in [1.54, 1.807) is 32.4 Å². The predicted octanol–water partition coefficient (Wildman–Crippen LogP) is 2.80. The molecule has 4 rings (SSSR count). The number of nitrogens with one attached hydrogen (secondary N) is 1. The van der Waals surface area contributed by atoms with Gasteiger partial charge in [-0.05, 0) is 19.8 Å². The Labute approximate surface area is 168 Å². The first-order chi connectivity index (χ1) is 14.1. The second-order valence-corrected chi connectivity index (χ2v) is 7.00.